The standard InChI is InChI=1S/C15H17NO2/c1-17-11-5-3-10-4-6-13(18-2)14(12(10)9-11)15(16)7-8-15/h3-6,9H,7-8,16H2,1-2H3. The first-order chi connectivity index (χ1) is 8.68. The van der Waals surface area contributed by atoms with Crippen molar-refractivity contribution in [2.24, 2.45) is 5.73 Å². The Balaban J connectivity index is 2.32. The summed E-state index contributed by atoms with van der Waals surface area (Å²) >= 11 is 0. The van der Waals surface area contributed by atoms with Gasteiger partial charge in [-0.15, -0.1) is 0 Å². The molecule has 94 valence electrons. The molecule has 2 aromatic carbocycles. The number of rotatable bonds is 3. The van der Waals surface area contributed by atoms with Gasteiger partial charge in [-0.05, 0) is 41.8 Å². The fourth-order valence-corrected chi connectivity index (χ4v) is 2.47. The topological polar surface area (TPSA) is 44.5 Å². The average Bonchev–Trinajstić information content (AvgIpc) is 3.15. The van der Waals surface area contributed by atoms with Gasteiger partial charge in [-0.2, -0.15) is 0 Å². The highest BCUT2D eigenvalue weighted by Crippen LogP contribution is 2.49. The molecule has 1 fully saturated rings. The summed E-state index contributed by atoms with van der Waals surface area (Å²) in [6.45, 7) is 0. The van der Waals surface area contributed by atoms with E-state index < -0.39 is 0 Å². The minimum atomic E-state index is -0.225. The molecule has 2 aromatic rings. The summed E-state index contributed by atoms with van der Waals surface area (Å²) < 4.78 is 10.8. The van der Waals surface area contributed by atoms with Crippen molar-refractivity contribution in [1.29, 1.82) is 0 Å². The summed E-state index contributed by atoms with van der Waals surface area (Å²) in [5.74, 6) is 1.72. The van der Waals surface area contributed by atoms with Crippen molar-refractivity contribution >= 4 is 10.8 Å². The first-order valence-electron chi connectivity index (χ1n) is 6.12. The Morgan fingerprint density at radius 1 is 1.06 bits per heavy atom. The van der Waals surface area contributed by atoms with Crippen LogP contribution in [0.3, 0.4) is 0 Å². The van der Waals surface area contributed by atoms with Crippen LogP contribution in [0.15, 0.2) is 30.3 Å². The van der Waals surface area contributed by atoms with Gasteiger partial charge in [0.25, 0.3) is 0 Å². The zero-order valence-corrected chi connectivity index (χ0v) is 10.7. The summed E-state index contributed by atoms with van der Waals surface area (Å²) in [5.41, 5.74) is 7.27. The summed E-state index contributed by atoms with van der Waals surface area (Å²) in [7, 11) is 3.37. The SMILES string of the molecule is COc1ccc2ccc(OC)c(C3(N)CC3)c2c1. The Kier molecular flexibility index (Phi) is 2.45. The highest BCUT2D eigenvalue weighted by atomic mass is 16.5. The van der Waals surface area contributed by atoms with Crippen LogP contribution in [0.2, 0.25) is 0 Å². The van der Waals surface area contributed by atoms with Crippen molar-refractivity contribution in [2.75, 3.05) is 14.2 Å². The fourth-order valence-electron chi connectivity index (χ4n) is 2.47. The van der Waals surface area contributed by atoms with Gasteiger partial charge in [0, 0.05) is 11.1 Å². The van der Waals surface area contributed by atoms with Crippen LogP contribution in [0.1, 0.15) is 18.4 Å². The third-order valence-corrected chi connectivity index (χ3v) is 3.70. The molecule has 3 rings (SSSR count). The van der Waals surface area contributed by atoms with Crippen LogP contribution in [0.4, 0.5) is 0 Å². The molecule has 0 aromatic heterocycles. The minimum absolute atomic E-state index is 0.225. The van der Waals surface area contributed by atoms with Gasteiger partial charge in [0.1, 0.15) is 11.5 Å². The molecule has 0 radical (unpaired) electrons. The van der Waals surface area contributed by atoms with Crippen molar-refractivity contribution in [2.45, 2.75) is 18.4 Å². The summed E-state index contributed by atoms with van der Waals surface area (Å²) in [6, 6.07) is 10.1. The zero-order valence-electron chi connectivity index (χ0n) is 10.7. The smallest absolute Gasteiger partial charge is 0.124 e. The van der Waals surface area contributed by atoms with E-state index in [1.54, 1.807) is 14.2 Å². The summed E-state index contributed by atoms with van der Waals surface area (Å²) in [5, 5.41) is 2.30. The second-order valence-corrected chi connectivity index (χ2v) is 4.89. The molecule has 1 aliphatic carbocycles. The predicted molar refractivity (Wildman–Crippen MR) is 72.2 cm³/mol. The lowest BCUT2D eigenvalue weighted by Gasteiger charge is -2.17. The first kappa shape index (κ1) is 11.4. The van der Waals surface area contributed by atoms with Crippen LogP contribution in [0, 0.1) is 0 Å². The largest absolute Gasteiger partial charge is 0.497 e. The van der Waals surface area contributed by atoms with Crippen LogP contribution in [0.25, 0.3) is 10.8 Å². The fraction of sp³-hybridized carbons (Fsp3) is 0.333. The normalized spacial score (nSPS) is 16.6. The van der Waals surface area contributed by atoms with Crippen LogP contribution in [-0.4, -0.2) is 14.2 Å². The van der Waals surface area contributed by atoms with Crippen molar-refractivity contribution < 1.29 is 9.47 Å². The maximum atomic E-state index is 6.38. The van der Waals surface area contributed by atoms with E-state index in [1.165, 1.54) is 5.39 Å². The Morgan fingerprint density at radius 3 is 2.39 bits per heavy atom. The number of hydrogen-bond acceptors (Lipinski definition) is 3. The van der Waals surface area contributed by atoms with Gasteiger partial charge in [-0.25, -0.2) is 0 Å². The van der Waals surface area contributed by atoms with Gasteiger partial charge >= 0.3 is 0 Å². The summed E-state index contributed by atoms with van der Waals surface area (Å²) in [4.78, 5) is 0. The van der Waals surface area contributed by atoms with E-state index in [4.69, 9.17) is 15.2 Å². The lowest BCUT2D eigenvalue weighted by atomic mass is 9.96. The van der Waals surface area contributed by atoms with E-state index in [0.29, 0.717) is 0 Å². The molecule has 1 aliphatic rings. The molecule has 3 heteroatoms. The predicted octanol–water partition coefficient (Wildman–Crippen LogP) is 2.80. The molecule has 2 N–H and O–H groups in total. The average molecular weight is 243 g/mol. The molecule has 18 heavy (non-hydrogen) atoms. The highest BCUT2D eigenvalue weighted by Gasteiger charge is 2.43. The van der Waals surface area contributed by atoms with Gasteiger partial charge < -0.3 is 15.2 Å². The van der Waals surface area contributed by atoms with E-state index in [1.807, 2.05) is 18.2 Å². The molecular formula is C15H17NO2. The molecule has 0 amide bonds. The maximum Gasteiger partial charge on any atom is 0.124 e. The van der Waals surface area contributed by atoms with Crippen molar-refractivity contribution in [1.82, 2.24) is 0 Å². The molecule has 0 saturated heterocycles. The molecule has 0 atom stereocenters. The third-order valence-electron chi connectivity index (χ3n) is 3.70. The Morgan fingerprint density at radius 2 is 1.78 bits per heavy atom. The molecule has 3 nitrogen and oxygen atoms in total. The molecule has 0 bridgehead atoms. The first-order valence-corrected chi connectivity index (χ1v) is 6.12. The molecule has 0 unspecified atom stereocenters. The number of nitrogens with two attached hydrogens (primary N) is 1. The highest BCUT2D eigenvalue weighted by molar-refractivity contribution is 5.90. The molecular weight excluding hydrogens is 226 g/mol. The van der Waals surface area contributed by atoms with Crippen LogP contribution < -0.4 is 15.2 Å². The van der Waals surface area contributed by atoms with E-state index in [-0.39, 0.29) is 5.54 Å². The molecule has 0 spiro atoms. The quantitative estimate of drug-likeness (QED) is 0.901. The van der Waals surface area contributed by atoms with E-state index in [0.717, 1.165) is 35.3 Å². The van der Waals surface area contributed by atoms with Crippen LogP contribution in [-0.2, 0) is 5.54 Å². The van der Waals surface area contributed by atoms with Crippen molar-refractivity contribution in [3.05, 3.63) is 35.9 Å². The van der Waals surface area contributed by atoms with Gasteiger partial charge in [0.2, 0.25) is 0 Å². The maximum absolute atomic E-state index is 6.38. The second kappa shape index (κ2) is 3.89. The van der Waals surface area contributed by atoms with E-state index in [2.05, 4.69) is 12.1 Å². The number of methoxy groups -OCH3 is 2. The zero-order chi connectivity index (χ0) is 12.8. The second-order valence-electron chi connectivity index (χ2n) is 4.89. The number of fused-ring (bicyclic) bond motifs is 1. The Bertz CT molecular complexity index is 597. The Labute approximate surface area is 106 Å². The molecule has 0 aliphatic heterocycles. The lowest BCUT2D eigenvalue weighted by Crippen LogP contribution is -2.20. The third kappa shape index (κ3) is 1.63. The van der Waals surface area contributed by atoms with Gasteiger partial charge in [-0.1, -0.05) is 12.1 Å². The lowest BCUT2D eigenvalue weighted by molar-refractivity contribution is 0.405. The number of benzene rings is 2. The van der Waals surface area contributed by atoms with E-state index in [9.17, 15) is 0 Å². The van der Waals surface area contributed by atoms with Crippen molar-refractivity contribution in [3.63, 3.8) is 0 Å². The van der Waals surface area contributed by atoms with Gasteiger partial charge in [0.15, 0.2) is 0 Å². The van der Waals surface area contributed by atoms with Crippen molar-refractivity contribution in [3.8, 4) is 11.5 Å². The number of hydrogen-bond donors (Lipinski definition) is 1. The van der Waals surface area contributed by atoms with Gasteiger partial charge in [0.05, 0.1) is 14.2 Å². The Hall–Kier alpha value is -1.74. The number of ether oxygens (including phenoxy) is 2. The molecule has 1 saturated carbocycles. The molecule has 0 heterocycles. The van der Waals surface area contributed by atoms with E-state index >= 15 is 0 Å². The monoisotopic (exact) mass is 243 g/mol. The summed E-state index contributed by atoms with van der Waals surface area (Å²) in [6.07, 6.45) is 2.03. The van der Waals surface area contributed by atoms with Gasteiger partial charge in [-0.3, -0.25) is 0 Å². The minimum Gasteiger partial charge on any atom is -0.497 e. The van der Waals surface area contributed by atoms with Crippen LogP contribution in [0.5, 0.6) is 11.5 Å². The van der Waals surface area contributed by atoms with Crippen LogP contribution >= 0.6 is 0 Å².